The lowest BCUT2D eigenvalue weighted by molar-refractivity contribution is 0.0955. The predicted molar refractivity (Wildman–Crippen MR) is 111 cm³/mol. The number of thioether (sulfide) groups is 1. The highest BCUT2D eigenvalue weighted by molar-refractivity contribution is 7.98. The fraction of sp³-hybridized carbons (Fsp3) is 0.368. The molecule has 0 spiro atoms. The third-order valence-electron chi connectivity index (χ3n) is 4.59. The van der Waals surface area contributed by atoms with Crippen LogP contribution in [0.15, 0.2) is 35.7 Å². The highest BCUT2D eigenvalue weighted by atomic mass is 32.2. The normalized spacial score (nSPS) is 14.5. The van der Waals surface area contributed by atoms with Gasteiger partial charge in [0.15, 0.2) is 5.16 Å². The lowest BCUT2D eigenvalue weighted by Crippen LogP contribution is -2.30. The molecule has 1 amide bonds. The van der Waals surface area contributed by atoms with Crippen LogP contribution in [0.2, 0.25) is 0 Å². The van der Waals surface area contributed by atoms with Gasteiger partial charge in [-0.25, -0.2) is 9.97 Å². The fourth-order valence-electron chi connectivity index (χ4n) is 3.21. The molecule has 0 aromatic carbocycles. The van der Waals surface area contributed by atoms with Crippen LogP contribution in [0.1, 0.15) is 34.5 Å². The number of thiophene rings is 1. The summed E-state index contributed by atoms with van der Waals surface area (Å²) in [6.45, 7) is 2.48. The van der Waals surface area contributed by atoms with E-state index in [-0.39, 0.29) is 5.91 Å². The monoisotopic (exact) mass is 399 g/mol. The van der Waals surface area contributed by atoms with Gasteiger partial charge in [-0.1, -0.05) is 17.8 Å². The number of carbonyl (C=O) groups is 1. The van der Waals surface area contributed by atoms with Crippen LogP contribution in [0, 0.1) is 0 Å². The number of nitrogens with zero attached hydrogens (tertiary/aromatic N) is 4. The average molecular weight is 400 g/mol. The Bertz CT molecular complexity index is 938. The van der Waals surface area contributed by atoms with E-state index in [9.17, 15) is 4.79 Å². The second-order valence-electron chi connectivity index (χ2n) is 6.46. The van der Waals surface area contributed by atoms with E-state index in [4.69, 9.17) is 4.98 Å². The van der Waals surface area contributed by atoms with Gasteiger partial charge in [-0.15, -0.1) is 11.3 Å². The zero-order chi connectivity index (χ0) is 18.6. The summed E-state index contributed by atoms with van der Waals surface area (Å²) >= 11 is 2.97. The van der Waals surface area contributed by atoms with Gasteiger partial charge in [-0.05, 0) is 43.2 Å². The van der Waals surface area contributed by atoms with Gasteiger partial charge in [0, 0.05) is 32.0 Å². The molecule has 3 aromatic heterocycles. The van der Waals surface area contributed by atoms with Crippen molar-refractivity contribution in [3.63, 3.8) is 0 Å². The Morgan fingerprint density at radius 1 is 1.30 bits per heavy atom. The Morgan fingerprint density at radius 2 is 2.15 bits per heavy atom. The second kappa shape index (κ2) is 8.22. The molecule has 4 rings (SSSR count). The molecule has 1 saturated heterocycles. The van der Waals surface area contributed by atoms with Crippen molar-refractivity contribution in [1.29, 1.82) is 0 Å². The Kier molecular flexibility index (Phi) is 5.54. The average Bonchev–Trinajstić information content (AvgIpc) is 3.17. The zero-order valence-electron chi connectivity index (χ0n) is 15.1. The molecule has 4 heterocycles. The van der Waals surface area contributed by atoms with Crippen molar-refractivity contribution in [2.75, 3.05) is 24.2 Å². The molecule has 0 atom stereocenters. The molecule has 1 fully saturated rings. The van der Waals surface area contributed by atoms with E-state index in [1.54, 1.807) is 12.4 Å². The third kappa shape index (κ3) is 4.06. The van der Waals surface area contributed by atoms with Crippen molar-refractivity contribution in [1.82, 2.24) is 20.3 Å². The minimum absolute atomic E-state index is 0.0860. The second-order valence-corrected chi connectivity index (χ2v) is 8.26. The van der Waals surface area contributed by atoms with E-state index in [1.807, 2.05) is 24.5 Å². The van der Waals surface area contributed by atoms with Crippen LogP contribution in [0.25, 0.3) is 10.2 Å². The number of anilines is 1. The van der Waals surface area contributed by atoms with Crippen LogP contribution in [-0.2, 0) is 6.54 Å². The first-order valence-electron chi connectivity index (χ1n) is 9.02. The summed E-state index contributed by atoms with van der Waals surface area (Å²) in [6, 6.07) is 5.75. The van der Waals surface area contributed by atoms with Crippen LogP contribution >= 0.6 is 23.1 Å². The van der Waals surface area contributed by atoms with Crippen molar-refractivity contribution in [3.05, 3.63) is 41.0 Å². The minimum atomic E-state index is -0.0860. The molecule has 0 bridgehead atoms. The lowest BCUT2D eigenvalue weighted by Gasteiger charge is -2.28. The lowest BCUT2D eigenvalue weighted by atomic mass is 10.1. The highest BCUT2D eigenvalue weighted by Gasteiger charge is 2.20. The van der Waals surface area contributed by atoms with Crippen LogP contribution < -0.4 is 10.2 Å². The number of fused-ring (bicyclic) bond motifs is 1. The van der Waals surface area contributed by atoms with Crippen molar-refractivity contribution < 1.29 is 4.79 Å². The fourth-order valence-corrected chi connectivity index (χ4v) is 4.57. The molecule has 8 heteroatoms. The maximum absolute atomic E-state index is 12.6. The first-order chi connectivity index (χ1) is 13.2. The number of hydrogen-bond acceptors (Lipinski definition) is 7. The van der Waals surface area contributed by atoms with Crippen molar-refractivity contribution in [3.8, 4) is 0 Å². The SMILES string of the molecule is CSc1nc(N2CCCCC2)c2cc(C(=O)NCc3cccnc3)sc2n1. The van der Waals surface area contributed by atoms with Crippen LogP contribution in [0.3, 0.4) is 0 Å². The molecule has 0 unspecified atom stereocenters. The van der Waals surface area contributed by atoms with Crippen molar-refractivity contribution >= 4 is 45.0 Å². The Balaban J connectivity index is 1.61. The number of carbonyl (C=O) groups excluding carboxylic acids is 1. The van der Waals surface area contributed by atoms with Gasteiger partial charge in [0.1, 0.15) is 10.6 Å². The largest absolute Gasteiger partial charge is 0.356 e. The quantitative estimate of drug-likeness (QED) is 0.521. The highest BCUT2D eigenvalue weighted by Crippen LogP contribution is 2.33. The van der Waals surface area contributed by atoms with Crippen LogP contribution in [0.4, 0.5) is 5.82 Å². The number of hydrogen-bond donors (Lipinski definition) is 1. The summed E-state index contributed by atoms with van der Waals surface area (Å²) in [5.74, 6) is 0.878. The van der Waals surface area contributed by atoms with Crippen molar-refractivity contribution in [2.45, 2.75) is 31.0 Å². The van der Waals surface area contributed by atoms with Crippen molar-refractivity contribution in [2.24, 2.45) is 0 Å². The molecule has 1 aliphatic heterocycles. The van der Waals surface area contributed by atoms with Gasteiger partial charge in [-0.3, -0.25) is 9.78 Å². The van der Waals surface area contributed by atoms with Gasteiger partial charge >= 0.3 is 0 Å². The Morgan fingerprint density at radius 3 is 2.89 bits per heavy atom. The number of piperidine rings is 1. The molecule has 140 valence electrons. The zero-order valence-corrected chi connectivity index (χ0v) is 16.8. The maximum atomic E-state index is 12.6. The first kappa shape index (κ1) is 18.2. The topological polar surface area (TPSA) is 71.0 Å². The molecule has 3 aromatic rings. The van der Waals surface area contributed by atoms with Crippen LogP contribution in [0.5, 0.6) is 0 Å². The smallest absolute Gasteiger partial charge is 0.261 e. The molecule has 0 saturated carbocycles. The predicted octanol–water partition coefficient (Wildman–Crippen LogP) is 3.73. The molecule has 0 aliphatic carbocycles. The molecule has 27 heavy (non-hydrogen) atoms. The molecular weight excluding hydrogens is 378 g/mol. The van der Waals surface area contributed by atoms with Gasteiger partial charge in [0.05, 0.1) is 10.3 Å². The molecule has 0 radical (unpaired) electrons. The van der Waals surface area contributed by atoms with Gasteiger partial charge in [0.25, 0.3) is 5.91 Å². The summed E-state index contributed by atoms with van der Waals surface area (Å²) in [4.78, 5) is 30.0. The Labute approximate surface area is 166 Å². The maximum Gasteiger partial charge on any atom is 0.261 e. The molecular formula is C19H21N5OS2. The van der Waals surface area contributed by atoms with E-state index in [2.05, 4.69) is 20.2 Å². The molecule has 1 N–H and O–H groups in total. The summed E-state index contributed by atoms with van der Waals surface area (Å²) in [6.07, 6.45) is 9.10. The Hall–Kier alpha value is -2.19. The summed E-state index contributed by atoms with van der Waals surface area (Å²) in [5, 5.41) is 4.70. The standard InChI is InChI=1S/C19H21N5OS2/c1-26-19-22-16(24-8-3-2-4-9-24)14-10-15(27-18(14)23-19)17(25)21-12-13-6-5-7-20-11-13/h5-7,10-11H,2-4,8-9,12H2,1H3,(H,21,25). The van der Waals surface area contributed by atoms with Gasteiger partial charge in [-0.2, -0.15) is 0 Å². The number of rotatable bonds is 5. The first-order valence-corrected chi connectivity index (χ1v) is 11.1. The minimum Gasteiger partial charge on any atom is -0.356 e. The third-order valence-corrected chi connectivity index (χ3v) is 6.17. The number of nitrogens with one attached hydrogen (secondary N) is 1. The van der Waals surface area contributed by atoms with E-state index in [1.165, 1.54) is 42.4 Å². The number of aromatic nitrogens is 3. The van der Waals surface area contributed by atoms with E-state index in [0.717, 1.165) is 39.8 Å². The van der Waals surface area contributed by atoms with Gasteiger partial charge in [0.2, 0.25) is 0 Å². The molecule has 1 aliphatic rings. The summed E-state index contributed by atoms with van der Waals surface area (Å²) in [7, 11) is 0. The van der Waals surface area contributed by atoms with E-state index >= 15 is 0 Å². The number of amides is 1. The molecule has 6 nitrogen and oxygen atoms in total. The van der Waals surface area contributed by atoms with Crippen LogP contribution in [-0.4, -0.2) is 40.2 Å². The summed E-state index contributed by atoms with van der Waals surface area (Å²) < 4.78 is 0. The van der Waals surface area contributed by atoms with Gasteiger partial charge < -0.3 is 10.2 Å². The summed E-state index contributed by atoms with van der Waals surface area (Å²) in [5.41, 5.74) is 0.977. The van der Waals surface area contributed by atoms with E-state index < -0.39 is 0 Å². The number of pyridine rings is 1. The van der Waals surface area contributed by atoms with E-state index in [0.29, 0.717) is 11.4 Å².